The molecule has 4 aromatic rings. The monoisotopic (exact) mass is 627 g/mol. The molecule has 42 heavy (non-hydrogen) atoms. The Morgan fingerprint density at radius 3 is 2.64 bits per heavy atom. The van der Waals surface area contributed by atoms with Gasteiger partial charge in [-0.05, 0) is 61.8 Å². The molecule has 2 aromatic heterocycles. The summed E-state index contributed by atoms with van der Waals surface area (Å²) in [5.41, 5.74) is 2.28. The van der Waals surface area contributed by atoms with E-state index in [0.29, 0.717) is 56.2 Å². The Balaban J connectivity index is 1.31. The number of hydrogen-bond donors (Lipinski definition) is 0. The van der Waals surface area contributed by atoms with Crippen molar-refractivity contribution in [3.63, 3.8) is 0 Å². The maximum atomic E-state index is 14.8. The van der Waals surface area contributed by atoms with Gasteiger partial charge in [0.1, 0.15) is 17.0 Å². The van der Waals surface area contributed by atoms with Gasteiger partial charge < -0.3 is 14.0 Å². The third kappa shape index (κ3) is 5.46. The maximum Gasteiger partial charge on any atom is 0.151 e. The van der Waals surface area contributed by atoms with E-state index in [1.54, 1.807) is 25.3 Å². The second-order valence-corrected chi connectivity index (χ2v) is 13.6. The number of aromatic nitrogens is 2. The Morgan fingerprint density at radius 1 is 1.21 bits per heavy atom. The first-order valence-corrected chi connectivity index (χ1v) is 15.9. The van der Waals surface area contributed by atoms with Gasteiger partial charge in [-0.2, -0.15) is 5.26 Å². The van der Waals surface area contributed by atoms with Gasteiger partial charge in [-0.3, -0.25) is 0 Å². The third-order valence-corrected chi connectivity index (χ3v) is 10.5. The molecule has 0 amide bonds. The van der Waals surface area contributed by atoms with E-state index >= 15 is 0 Å². The summed E-state index contributed by atoms with van der Waals surface area (Å²) in [5, 5.41) is 15.7. The van der Waals surface area contributed by atoms with Crippen LogP contribution in [0.1, 0.15) is 79.7 Å². The first-order valence-electron chi connectivity index (χ1n) is 14.3. The zero-order chi connectivity index (χ0) is 29.6. The topological polar surface area (TPSA) is 81.2 Å². The molecule has 0 N–H and O–H groups in total. The molecular formula is C32H32Cl2FN3O3S. The van der Waals surface area contributed by atoms with Crippen LogP contribution < -0.4 is 0 Å². The molecule has 3 unspecified atom stereocenters. The minimum Gasteiger partial charge on any atom is -0.382 e. The second-order valence-electron chi connectivity index (χ2n) is 11.7. The number of nitrogens with zero attached hydrogens (tertiary/aromatic N) is 3. The molecule has 6 rings (SSSR count). The van der Waals surface area contributed by atoms with Crippen LogP contribution in [0.15, 0.2) is 34.9 Å². The van der Waals surface area contributed by atoms with Gasteiger partial charge >= 0.3 is 0 Å². The van der Waals surface area contributed by atoms with Gasteiger partial charge in [-0.15, -0.1) is 11.3 Å². The lowest BCUT2D eigenvalue weighted by molar-refractivity contribution is -0.142. The molecule has 2 aliphatic carbocycles. The second kappa shape index (κ2) is 11.9. The molecule has 2 aromatic carbocycles. The molecule has 0 spiro atoms. The zero-order valence-electron chi connectivity index (χ0n) is 23.8. The first-order chi connectivity index (χ1) is 20.3. The largest absolute Gasteiger partial charge is 0.382 e. The minimum atomic E-state index is -0.541. The first kappa shape index (κ1) is 29.5. The summed E-state index contributed by atoms with van der Waals surface area (Å²) in [4.78, 5) is 4.76. The highest BCUT2D eigenvalue weighted by atomic mass is 35.5. The number of halogens is 3. The fraction of sp³-hybridized carbons (Fsp3) is 0.469. The molecule has 2 heterocycles. The molecule has 2 aliphatic rings. The summed E-state index contributed by atoms with van der Waals surface area (Å²) in [7, 11) is 1.70. The smallest absolute Gasteiger partial charge is 0.151 e. The predicted molar refractivity (Wildman–Crippen MR) is 163 cm³/mol. The summed E-state index contributed by atoms with van der Waals surface area (Å²) < 4.78 is 34.0. The van der Waals surface area contributed by atoms with Gasteiger partial charge in [0, 0.05) is 30.1 Å². The molecule has 0 radical (unpaired) electrons. The van der Waals surface area contributed by atoms with Gasteiger partial charge in [0.15, 0.2) is 5.82 Å². The van der Waals surface area contributed by atoms with Crippen LogP contribution in [0.25, 0.3) is 21.5 Å². The summed E-state index contributed by atoms with van der Waals surface area (Å²) in [6.07, 6.45) is 4.52. The number of methoxy groups -OCH3 is 1. The highest BCUT2D eigenvalue weighted by Gasteiger charge is 2.47. The number of hydrogen-bond acceptors (Lipinski definition) is 7. The van der Waals surface area contributed by atoms with E-state index in [-0.39, 0.29) is 17.8 Å². The Kier molecular flexibility index (Phi) is 8.34. The average Bonchev–Trinajstić information content (AvgIpc) is 3.58. The molecule has 6 nitrogen and oxygen atoms in total. The van der Waals surface area contributed by atoms with Crippen LogP contribution in [0, 0.1) is 29.0 Å². The third-order valence-electron chi connectivity index (χ3n) is 8.75. The van der Waals surface area contributed by atoms with E-state index < -0.39 is 11.4 Å². The van der Waals surface area contributed by atoms with E-state index in [2.05, 4.69) is 19.0 Å². The van der Waals surface area contributed by atoms with Crippen LogP contribution in [-0.4, -0.2) is 29.5 Å². The fourth-order valence-corrected chi connectivity index (χ4v) is 8.66. The van der Waals surface area contributed by atoms with Crippen LogP contribution >= 0.6 is 34.5 Å². The SMILES string of the molecule is CC[C@@H]1CC(COC)(OCc2c(-c3c(Cl)cccc3Cl)noc2C2CC2)CC(C)C1c1nc2c(F)cc(C#N)cc2s1. The standard InChI is InChI=1S/C32H32Cl2FN3O3S/c1-4-19-13-32(16-39-3,12-17(2)26(19)31-37-29-24(35)10-18(14-36)11-25(29)42-31)40-15-21-28(38-41-30(21)20-8-9-20)27-22(33)6-5-7-23(27)34/h5-7,10-11,17,19-20,26H,4,8-9,12-13,15-16H2,1-3H3/t17?,19-,26?,32?/m1/s1. The molecule has 0 bridgehead atoms. The van der Waals surface area contributed by atoms with Crippen LogP contribution in [0.2, 0.25) is 10.0 Å². The Bertz CT molecular complexity index is 1640. The Morgan fingerprint density at radius 2 is 1.98 bits per heavy atom. The van der Waals surface area contributed by atoms with Crippen LogP contribution in [-0.2, 0) is 16.1 Å². The lowest BCUT2D eigenvalue weighted by Gasteiger charge is -2.47. The predicted octanol–water partition coefficient (Wildman–Crippen LogP) is 9.29. The number of rotatable bonds is 9. The van der Waals surface area contributed by atoms with E-state index in [9.17, 15) is 9.65 Å². The van der Waals surface area contributed by atoms with Crippen molar-refractivity contribution in [3.8, 4) is 17.3 Å². The van der Waals surface area contributed by atoms with Gasteiger partial charge in [-0.1, -0.05) is 54.7 Å². The fourth-order valence-electron chi connectivity index (χ4n) is 6.74. The minimum absolute atomic E-state index is 0.140. The van der Waals surface area contributed by atoms with Crippen molar-refractivity contribution >= 4 is 44.8 Å². The lowest BCUT2D eigenvalue weighted by atomic mass is 9.65. The van der Waals surface area contributed by atoms with Crippen molar-refractivity contribution in [1.82, 2.24) is 10.1 Å². The van der Waals surface area contributed by atoms with E-state index in [4.69, 9.17) is 42.2 Å². The molecule has 4 atom stereocenters. The molecule has 10 heteroatoms. The molecule has 2 fully saturated rings. The lowest BCUT2D eigenvalue weighted by Crippen LogP contribution is -2.47. The molecular weight excluding hydrogens is 596 g/mol. The van der Waals surface area contributed by atoms with Gasteiger partial charge in [0.2, 0.25) is 0 Å². The van der Waals surface area contributed by atoms with Crippen LogP contribution in [0.5, 0.6) is 0 Å². The number of ether oxygens (including phenoxy) is 2. The van der Waals surface area contributed by atoms with Crippen molar-refractivity contribution in [2.75, 3.05) is 13.7 Å². The molecule has 0 aliphatic heterocycles. The van der Waals surface area contributed by atoms with Crippen LogP contribution in [0.4, 0.5) is 4.39 Å². The highest BCUT2D eigenvalue weighted by molar-refractivity contribution is 7.18. The van der Waals surface area contributed by atoms with E-state index in [1.165, 1.54) is 17.4 Å². The van der Waals surface area contributed by atoms with Gasteiger partial charge in [-0.25, -0.2) is 9.37 Å². The maximum absolute atomic E-state index is 14.8. The zero-order valence-corrected chi connectivity index (χ0v) is 26.1. The number of thiazole rings is 1. The van der Waals surface area contributed by atoms with Gasteiger partial charge in [0.25, 0.3) is 0 Å². The number of benzene rings is 2. The summed E-state index contributed by atoms with van der Waals surface area (Å²) >= 11 is 14.7. The number of fused-ring (bicyclic) bond motifs is 1. The highest BCUT2D eigenvalue weighted by Crippen LogP contribution is 2.52. The molecule has 0 saturated heterocycles. The molecule has 220 valence electrons. The summed E-state index contributed by atoms with van der Waals surface area (Å²) in [6.45, 7) is 5.13. The van der Waals surface area contributed by atoms with Gasteiger partial charge in [0.05, 0.1) is 50.2 Å². The van der Waals surface area contributed by atoms with E-state index in [1.807, 2.05) is 12.1 Å². The van der Waals surface area contributed by atoms with Crippen molar-refractivity contribution in [2.24, 2.45) is 11.8 Å². The Labute approximate surface area is 258 Å². The van der Waals surface area contributed by atoms with E-state index in [0.717, 1.165) is 48.4 Å². The van der Waals surface area contributed by atoms with Crippen molar-refractivity contribution in [1.29, 1.82) is 5.26 Å². The Hall–Kier alpha value is -2.54. The van der Waals surface area contributed by atoms with Crippen molar-refractivity contribution in [2.45, 2.75) is 70.0 Å². The van der Waals surface area contributed by atoms with Crippen molar-refractivity contribution < 1.29 is 18.4 Å². The quantitative estimate of drug-likeness (QED) is 0.184. The summed E-state index contributed by atoms with van der Waals surface area (Å²) in [6, 6.07) is 10.4. The molecule has 2 saturated carbocycles. The van der Waals surface area contributed by atoms with Crippen LogP contribution in [0.3, 0.4) is 0 Å². The van der Waals surface area contributed by atoms with Crippen molar-refractivity contribution in [3.05, 3.63) is 68.1 Å². The average molecular weight is 629 g/mol. The number of nitriles is 1. The summed E-state index contributed by atoms with van der Waals surface area (Å²) in [5.74, 6) is 1.29. The normalized spacial score (nSPS) is 24.3.